The number of amides is 1. The van der Waals surface area contributed by atoms with Crippen molar-refractivity contribution in [2.24, 2.45) is 0 Å². The molecule has 1 aromatic carbocycles. The van der Waals surface area contributed by atoms with Gasteiger partial charge in [0.15, 0.2) is 0 Å². The van der Waals surface area contributed by atoms with Crippen LogP contribution in [0.5, 0.6) is 0 Å². The van der Waals surface area contributed by atoms with Crippen LogP contribution in [0.2, 0.25) is 0 Å². The van der Waals surface area contributed by atoms with Crippen LogP contribution in [0.4, 0.5) is 0 Å². The van der Waals surface area contributed by atoms with Gasteiger partial charge in [-0.2, -0.15) is 5.26 Å². The van der Waals surface area contributed by atoms with E-state index in [4.69, 9.17) is 15.1 Å². The predicted octanol–water partition coefficient (Wildman–Crippen LogP) is 0.535. The Morgan fingerprint density at radius 1 is 1.32 bits per heavy atom. The van der Waals surface area contributed by atoms with Crippen LogP contribution in [0.3, 0.4) is 0 Å². The number of nitriles is 1. The number of nitrogens with zero attached hydrogens (tertiary/aromatic N) is 2. The fourth-order valence-electron chi connectivity index (χ4n) is 2.11. The number of benzene rings is 1. The fraction of sp³-hybridized carbons (Fsp3) is 0.375. The molecule has 22 heavy (non-hydrogen) atoms. The first kappa shape index (κ1) is 16.0. The molecule has 2 rings (SSSR count). The number of morpholine rings is 1. The maximum Gasteiger partial charge on any atom is 0.266 e. The number of hydrogen-bond donors (Lipinski definition) is 2. The number of nitrogens with one attached hydrogen (secondary N) is 1. The van der Waals surface area contributed by atoms with E-state index in [0.29, 0.717) is 32.8 Å². The molecule has 0 aliphatic carbocycles. The van der Waals surface area contributed by atoms with Gasteiger partial charge in [0.1, 0.15) is 11.6 Å². The third-order valence-corrected chi connectivity index (χ3v) is 3.41. The van der Waals surface area contributed by atoms with E-state index in [9.17, 15) is 4.79 Å². The monoisotopic (exact) mass is 301 g/mol. The Balaban J connectivity index is 1.91. The van der Waals surface area contributed by atoms with Crippen molar-refractivity contribution in [3.63, 3.8) is 0 Å². The number of carbonyl (C=O) groups excluding carboxylic acids is 1. The summed E-state index contributed by atoms with van der Waals surface area (Å²) in [6, 6.07) is 9.40. The lowest BCUT2D eigenvalue weighted by molar-refractivity contribution is -0.130. The first-order chi connectivity index (χ1) is 10.7. The molecule has 1 heterocycles. The molecule has 2 N–H and O–H groups in total. The fourth-order valence-corrected chi connectivity index (χ4v) is 2.11. The van der Waals surface area contributed by atoms with Gasteiger partial charge in [-0.3, -0.25) is 4.79 Å². The van der Waals surface area contributed by atoms with Crippen molar-refractivity contribution in [3.8, 4) is 6.07 Å². The topological polar surface area (TPSA) is 85.6 Å². The molecule has 1 fully saturated rings. The third-order valence-electron chi connectivity index (χ3n) is 3.41. The van der Waals surface area contributed by atoms with Gasteiger partial charge in [-0.25, -0.2) is 0 Å². The minimum Gasteiger partial charge on any atom is -0.392 e. The van der Waals surface area contributed by atoms with Crippen LogP contribution in [0.1, 0.15) is 11.1 Å². The molecule has 0 spiro atoms. The quantitative estimate of drug-likeness (QED) is 0.612. The molecular formula is C16H19N3O3. The Morgan fingerprint density at radius 2 is 1.95 bits per heavy atom. The van der Waals surface area contributed by atoms with Crippen molar-refractivity contribution in [3.05, 3.63) is 47.2 Å². The number of carbonyl (C=O) groups is 1. The number of ether oxygens (including phenoxy) is 1. The van der Waals surface area contributed by atoms with E-state index < -0.39 is 0 Å². The predicted molar refractivity (Wildman–Crippen MR) is 80.3 cm³/mol. The van der Waals surface area contributed by atoms with Crippen LogP contribution in [0.15, 0.2) is 36.0 Å². The minimum absolute atomic E-state index is 0.0141. The summed E-state index contributed by atoms with van der Waals surface area (Å²) in [4.78, 5) is 13.8. The summed E-state index contributed by atoms with van der Waals surface area (Å²) < 4.78 is 5.19. The molecule has 6 heteroatoms. The lowest BCUT2D eigenvalue weighted by Crippen LogP contribution is -2.41. The first-order valence-corrected chi connectivity index (χ1v) is 7.14. The molecule has 1 aliphatic heterocycles. The van der Waals surface area contributed by atoms with Gasteiger partial charge >= 0.3 is 0 Å². The zero-order valence-electron chi connectivity index (χ0n) is 12.3. The van der Waals surface area contributed by atoms with Crippen molar-refractivity contribution in [1.82, 2.24) is 10.2 Å². The van der Waals surface area contributed by atoms with E-state index in [2.05, 4.69) is 5.32 Å². The maximum absolute atomic E-state index is 12.2. The van der Waals surface area contributed by atoms with Crippen molar-refractivity contribution < 1.29 is 14.6 Å². The van der Waals surface area contributed by atoms with E-state index in [-0.39, 0.29) is 18.1 Å². The van der Waals surface area contributed by atoms with Gasteiger partial charge in [0.2, 0.25) is 0 Å². The van der Waals surface area contributed by atoms with E-state index >= 15 is 0 Å². The van der Waals surface area contributed by atoms with Gasteiger partial charge in [0.05, 0.1) is 19.8 Å². The van der Waals surface area contributed by atoms with Crippen LogP contribution in [-0.2, 0) is 22.7 Å². The molecule has 0 saturated carbocycles. The normalized spacial score (nSPS) is 15.3. The number of rotatable bonds is 5. The van der Waals surface area contributed by atoms with E-state index in [1.807, 2.05) is 30.3 Å². The summed E-state index contributed by atoms with van der Waals surface area (Å²) >= 11 is 0. The molecule has 0 bridgehead atoms. The highest BCUT2D eigenvalue weighted by atomic mass is 16.5. The molecule has 0 atom stereocenters. The second kappa shape index (κ2) is 8.17. The number of aliphatic hydroxyl groups excluding tert-OH is 1. The standard InChI is InChI=1S/C16H19N3O3/c17-9-15(16(21)19-5-7-22-8-6-19)11-18-10-13-1-3-14(12-20)4-2-13/h1-4,11,18,20H,5-8,10,12H2/b15-11-. The van der Waals surface area contributed by atoms with Gasteiger partial charge < -0.3 is 20.1 Å². The average Bonchev–Trinajstić information content (AvgIpc) is 2.59. The number of aliphatic hydroxyl groups is 1. The van der Waals surface area contributed by atoms with Gasteiger partial charge in [-0.1, -0.05) is 24.3 Å². The molecule has 1 aliphatic rings. The molecule has 0 unspecified atom stereocenters. The van der Waals surface area contributed by atoms with E-state index in [0.717, 1.165) is 11.1 Å². The van der Waals surface area contributed by atoms with Crippen LogP contribution in [-0.4, -0.2) is 42.2 Å². The van der Waals surface area contributed by atoms with Gasteiger partial charge in [0, 0.05) is 25.8 Å². The Labute approximate surface area is 129 Å². The van der Waals surface area contributed by atoms with Crippen LogP contribution < -0.4 is 5.32 Å². The third kappa shape index (κ3) is 4.32. The number of hydrogen-bond acceptors (Lipinski definition) is 5. The summed E-state index contributed by atoms with van der Waals surface area (Å²) in [6.45, 7) is 2.57. The summed E-state index contributed by atoms with van der Waals surface area (Å²) in [5.41, 5.74) is 1.94. The highest BCUT2D eigenvalue weighted by Gasteiger charge is 2.20. The van der Waals surface area contributed by atoms with Crippen LogP contribution in [0, 0.1) is 11.3 Å². The zero-order valence-corrected chi connectivity index (χ0v) is 12.3. The Hall–Kier alpha value is -2.36. The van der Waals surface area contributed by atoms with E-state index in [1.54, 1.807) is 4.90 Å². The lowest BCUT2D eigenvalue weighted by atomic mass is 10.1. The molecule has 0 radical (unpaired) electrons. The van der Waals surface area contributed by atoms with Crippen molar-refractivity contribution in [1.29, 1.82) is 5.26 Å². The average molecular weight is 301 g/mol. The summed E-state index contributed by atoms with van der Waals surface area (Å²) in [5.74, 6) is -0.270. The summed E-state index contributed by atoms with van der Waals surface area (Å²) in [5, 5.41) is 21.1. The van der Waals surface area contributed by atoms with Gasteiger partial charge in [-0.15, -0.1) is 0 Å². The molecule has 6 nitrogen and oxygen atoms in total. The van der Waals surface area contributed by atoms with Crippen LogP contribution in [0.25, 0.3) is 0 Å². The second-order valence-electron chi connectivity index (χ2n) is 4.93. The smallest absolute Gasteiger partial charge is 0.266 e. The first-order valence-electron chi connectivity index (χ1n) is 7.14. The molecule has 1 saturated heterocycles. The largest absolute Gasteiger partial charge is 0.392 e. The SMILES string of the molecule is N#C/C(=C/NCc1ccc(CO)cc1)C(=O)N1CCOCC1. The molecule has 0 aromatic heterocycles. The Morgan fingerprint density at radius 3 is 2.55 bits per heavy atom. The summed E-state index contributed by atoms with van der Waals surface area (Å²) in [7, 11) is 0. The minimum atomic E-state index is -0.270. The van der Waals surface area contributed by atoms with E-state index in [1.165, 1.54) is 6.20 Å². The van der Waals surface area contributed by atoms with Gasteiger partial charge in [0.25, 0.3) is 5.91 Å². The Kier molecular flexibility index (Phi) is 5.95. The molecule has 1 amide bonds. The molecular weight excluding hydrogens is 282 g/mol. The zero-order chi connectivity index (χ0) is 15.8. The lowest BCUT2D eigenvalue weighted by Gasteiger charge is -2.26. The highest BCUT2D eigenvalue weighted by molar-refractivity contribution is 5.97. The van der Waals surface area contributed by atoms with Crippen molar-refractivity contribution >= 4 is 5.91 Å². The molecule has 116 valence electrons. The molecule has 1 aromatic rings. The van der Waals surface area contributed by atoms with Gasteiger partial charge in [-0.05, 0) is 11.1 Å². The van der Waals surface area contributed by atoms with Crippen LogP contribution >= 0.6 is 0 Å². The van der Waals surface area contributed by atoms with Crippen molar-refractivity contribution in [2.75, 3.05) is 26.3 Å². The maximum atomic E-state index is 12.2. The summed E-state index contributed by atoms with van der Waals surface area (Å²) in [6.07, 6.45) is 1.46. The van der Waals surface area contributed by atoms with Crippen molar-refractivity contribution in [2.45, 2.75) is 13.2 Å². The second-order valence-corrected chi connectivity index (χ2v) is 4.93. The highest BCUT2D eigenvalue weighted by Crippen LogP contribution is 2.06. The Bertz CT molecular complexity index is 569.